The van der Waals surface area contributed by atoms with E-state index in [9.17, 15) is 13.6 Å². The Labute approximate surface area is 170 Å². The molecule has 0 aliphatic rings. The van der Waals surface area contributed by atoms with Crippen LogP contribution in [0.3, 0.4) is 0 Å². The summed E-state index contributed by atoms with van der Waals surface area (Å²) < 4.78 is 34.3. The molecule has 0 aliphatic heterocycles. The van der Waals surface area contributed by atoms with Crippen LogP contribution in [0.5, 0.6) is 0 Å². The number of amides is 1. The Morgan fingerprint density at radius 2 is 1.60 bits per heavy atom. The lowest BCUT2D eigenvalue weighted by Gasteiger charge is -2.10. The predicted octanol–water partition coefficient (Wildman–Crippen LogP) is 6.13. The standard InChI is InChI=1S/C24H14F2N2O2/c25-17-6-2-1-5-15(17)16-9-8-14(13-18(16)26)28-24(29)23-21-11-10-20(30-21)22(23)19-7-3-4-12-27-19/h1-13H,(H,28,29). The van der Waals surface area contributed by atoms with Crippen LogP contribution < -0.4 is 5.32 Å². The van der Waals surface area contributed by atoms with Gasteiger partial charge in [0.25, 0.3) is 5.91 Å². The van der Waals surface area contributed by atoms with Gasteiger partial charge >= 0.3 is 0 Å². The number of fused-ring (bicyclic) bond motifs is 2. The first-order valence-corrected chi connectivity index (χ1v) is 9.24. The molecule has 1 N–H and O–H groups in total. The predicted molar refractivity (Wildman–Crippen MR) is 110 cm³/mol. The van der Waals surface area contributed by atoms with Crippen molar-refractivity contribution in [2.75, 3.05) is 5.32 Å². The number of hydrogen-bond acceptors (Lipinski definition) is 3. The number of furan rings is 2. The van der Waals surface area contributed by atoms with Gasteiger partial charge in [0.1, 0.15) is 22.8 Å². The summed E-state index contributed by atoms with van der Waals surface area (Å²) in [5, 5.41) is 2.70. The van der Waals surface area contributed by atoms with Gasteiger partial charge in [-0.1, -0.05) is 24.3 Å². The Kier molecular flexibility index (Phi) is 4.25. The average Bonchev–Trinajstić information content (AvgIpc) is 3.37. The molecule has 0 unspecified atom stereocenters. The summed E-state index contributed by atoms with van der Waals surface area (Å²) in [4.78, 5) is 17.3. The second kappa shape index (κ2) is 7.08. The van der Waals surface area contributed by atoms with E-state index in [1.807, 2.05) is 6.07 Å². The van der Waals surface area contributed by atoms with Crippen molar-refractivity contribution < 1.29 is 18.0 Å². The van der Waals surface area contributed by atoms with Crippen LogP contribution in [0.2, 0.25) is 0 Å². The molecule has 0 aliphatic carbocycles. The van der Waals surface area contributed by atoms with Gasteiger partial charge < -0.3 is 9.73 Å². The van der Waals surface area contributed by atoms with Gasteiger partial charge in [0.2, 0.25) is 0 Å². The van der Waals surface area contributed by atoms with Crippen LogP contribution in [-0.2, 0) is 0 Å². The molecule has 0 fully saturated rings. The number of nitrogens with zero attached hydrogens (tertiary/aromatic N) is 1. The summed E-state index contributed by atoms with van der Waals surface area (Å²) in [5.41, 5.74) is 3.04. The molecule has 4 nitrogen and oxygen atoms in total. The first kappa shape index (κ1) is 18.0. The quantitative estimate of drug-likeness (QED) is 0.395. The third kappa shape index (κ3) is 2.99. The smallest absolute Gasteiger partial charge is 0.260 e. The fraction of sp³-hybridized carbons (Fsp3) is 0. The highest BCUT2D eigenvalue weighted by molar-refractivity contribution is 6.16. The Morgan fingerprint density at radius 3 is 2.37 bits per heavy atom. The maximum Gasteiger partial charge on any atom is 0.260 e. The minimum atomic E-state index is -0.636. The number of aromatic nitrogens is 1. The molecule has 1 amide bonds. The summed E-state index contributed by atoms with van der Waals surface area (Å²) in [7, 11) is 0. The molecule has 3 heterocycles. The molecule has 0 saturated carbocycles. The summed E-state index contributed by atoms with van der Waals surface area (Å²) in [5.74, 6) is -1.59. The van der Waals surface area contributed by atoms with Gasteiger partial charge in [0, 0.05) is 23.0 Å². The van der Waals surface area contributed by atoms with Crippen LogP contribution in [0, 0.1) is 11.6 Å². The zero-order valence-corrected chi connectivity index (χ0v) is 15.5. The number of benzene rings is 3. The third-order valence-electron chi connectivity index (χ3n) is 4.89. The van der Waals surface area contributed by atoms with Crippen molar-refractivity contribution in [2.24, 2.45) is 0 Å². The van der Waals surface area contributed by atoms with Gasteiger partial charge in [-0.05, 0) is 48.5 Å². The molecule has 2 bridgehead atoms. The van der Waals surface area contributed by atoms with Crippen LogP contribution in [0.15, 0.2) is 83.4 Å². The lowest BCUT2D eigenvalue weighted by molar-refractivity contribution is 0.102. The number of rotatable bonds is 4. The van der Waals surface area contributed by atoms with E-state index in [0.29, 0.717) is 28.0 Å². The van der Waals surface area contributed by atoms with E-state index >= 15 is 0 Å². The van der Waals surface area contributed by atoms with E-state index in [1.165, 1.54) is 30.3 Å². The van der Waals surface area contributed by atoms with E-state index in [4.69, 9.17) is 4.42 Å². The fourth-order valence-corrected chi connectivity index (χ4v) is 3.53. The maximum atomic E-state index is 14.6. The van der Waals surface area contributed by atoms with Crippen LogP contribution in [0.1, 0.15) is 10.4 Å². The Bertz CT molecular complexity index is 1360. The Morgan fingerprint density at radius 1 is 0.833 bits per heavy atom. The molecule has 0 atom stereocenters. The third-order valence-corrected chi connectivity index (χ3v) is 4.89. The fourth-order valence-electron chi connectivity index (χ4n) is 3.53. The van der Waals surface area contributed by atoms with Crippen molar-refractivity contribution in [3.8, 4) is 22.4 Å². The molecule has 2 aromatic carbocycles. The Balaban J connectivity index is 1.48. The van der Waals surface area contributed by atoms with Gasteiger partial charge in [-0.15, -0.1) is 0 Å². The normalized spacial score (nSPS) is 11.1. The lowest BCUT2D eigenvalue weighted by Crippen LogP contribution is -2.13. The number of carbonyl (C=O) groups excluding carboxylic acids is 1. The van der Waals surface area contributed by atoms with Gasteiger partial charge in [0.15, 0.2) is 0 Å². The molecule has 6 heteroatoms. The van der Waals surface area contributed by atoms with E-state index in [-0.39, 0.29) is 16.8 Å². The number of hydrogen-bond donors (Lipinski definition) is 1. The molecule has 5 aromatic rings. The zero-order chi connectivity index (χ0) is 20.7. The van der Waals surface area contributed by atoms with E-state index in [0.717, 1.165) is 0 Å². The van der Waals surface area contributed by atoms with E-state index in [1.54, 1.807) is 42.6 Å². The van der Waals surface area contributed by atoms with Gasteiger partial charge in [-0.25, -0.2) is 8.78 Å². The van der Waals surface area contributed by atoms with Crippen molar-refractivity contribution in [1.29, 1.82) is 0 Å². The molecule has 0 spiro atoms. The molecule has 5 rings (SSSR count). The van der Waals surface area contributed by atoms with Crippen molar-refractivity contribution in [3.05, 3.63) is 96.2 Å². The molecular formula is C24H14F2N2O2. The SMILES string of the molecule is O=C(Nc1ccc(-c2ccccc2F)c(F)c1)c1c(-c2ccccn2)c2ccc1o2. The average molecular weight is 400 g/mol. The monoisotopic (exact) mass is 400 g/mol. The summed E-state index contributed by atoms with van der Waals surface area (Å²) in [6, 6.07) is 19.0. The van der Waals surface area contributed by atoms with Crippen LogP contribution in [0.4, 0.5) is 14.5 Å². The minimum absolute atomic E-state index is 0.121. The minimum Gasteiger partial charge on any atom is -0.456 e. The number of halogens is 2. The van der Waals surface area contributed by atoms with Gasteiger partial charge in [0.05, 0.1) is 16.8 Å². The molecule has 146 valence electrons. The topological polar surface area (TPSA) is 55.1 Å². The van der Waals surface area contributed by atoms with Crippen molar-refractivity contribution in [3.63, 3.8) is 0 Å². The first-order valence-electron chi connectivity index (χ1n) is 9.24. The molecule has 0 saturated heterocycles. The van der Waals surface area contributed by atoms with Gasteiger partial charge in [-0.3, -0.25) is 9.78 Å². The lowest BCUT2D eigenvalue weighted by atomic mass is 10.0. The highest BCUT2D eigenvalue weighted by atomic mass is 19.1. The molecule has 30 heavy (non-hydrogen) atoms. The number of pyridine rings is 1. The number of nitrogens with one attached hydrogen (secondary N) is 1. The maximum absolute atomic E-state index is 14.6. The summed E-state index contributed by atoms with van der Waals surface area (Å²) in [6.45, 7) is 0. The number of carbonyl (C=O) groups is 1. The molecule has 0 radical (unpaired) electrons. The van der Waals surface area contributed by atoms with Crippen LogP contribution in [-0.4, -0.2) is 10.9 Å². The van der Waals surface area contributed by atoms with E-state index < -0.39 is 17.5 Å². The van der Waals surface area contributed by atoms with Crippen molar-refractivity contribution >= 4 is 22.8 Å². The van der Waals surface area contributed by atoms with Gasteiger partial charge in [-0.2, -0.15) is 0 Å². The van der Waals surface area contributed by atoms with E-state index in [2.05, 4.69) is 10.3 Å². The van der Waals surface area contributed by atoms with Crippen molar-refractivity contribution in [2.45, 2.75) is 0 Å². The zero-order valence-electron chi connectivity index (χ0n) is 15.5. The van der Waals surface area contributed by atoms with Crippen LogP contribution >= 0.6 is 0 Å². The summed E-state index contributed by atoms with van der Waals surface area (Å²) >= 11 is 0. The molecule has 3 aromatic heterocycles. The van der Waals surface area contributed by atoms with Crippen molar-refractivity contribution in [1.82, 2.24) is 4.98 Å². The highest BCUT2D eigenvalue weighted by Crippen LogP contribution is 2.36. The first-order chi connectivity index (χ1) is 14.6. The number of anilines is 1. The second-order valence-corrected chi connectivity index (χ2v) is 6.76. The highest BCUT2D eigenvalue weighted by Gasteiger charge is 2.25. The van der Waals surface area contributed by atoms with Crippen LogP contribution in [0.25, 0.3) is 33.6 Å². The second-order valence-electron chi connectivity index (χ2n) is 6.76. The largest absolute Gasteiger partial charge is 0.456 e. The summed E-state index contributed by atoms with van der Waals surface area (Å²) in [6.07, 6.45) is 1.63. The molecular weight excluding hydrogens is 386 g/mol. The Hall–Kier alpha value is -4.06.